The lowest BCUT2D eigenvalue weighted by molar-refractivity contribution is 0.117. The third-order valence-electron chi connectivity index (χ3n) is 3.59. The number of hydrogen-bond acceptors (Lipinski definition) is 2. The second kappa shape index (κ2) is 5.01. The fourth-order valence-corrected chi connectivity index (χ4v) is 3.00. The van der Waals surface area contributed by atoms with Gasteiger partial charge in [0.2, 0.25) is 0 Å². The quantitative estimate of drug-likeness (QED) is 0.849. The Morgan fingerprint density at radius 2 is 1.89 bits per heavy atom. The lowest BCUT2D eigenvalue weighted by Gasteiger charge is -2.38. The number of nitrogens with two attached hydrogens (primary N) is 1. The number of halogens is 2. The van der Waals surface area contributed by atoms with Gasteiger partial charge in [-0.15, -0.1) is 0 Å². The molecule has 1 aromatic rings. The van der Waals surface area contributed by atoms with Crippen molar-refractivity contribution < 1.29 is 0 Å². The highest BCUT2D eigenvalue weighted by atomic mass is 35.5. The summed E-state index contributed by atoms with van der Waals surface area (Å²) >= 11 is 12.1. The highest BCUT2D eigenvalue weighted by Crippen LogP contribution is 2.38. The third-order valence-corrected chi connectivity index (χ3v) is 4.33. The predicted molar refractivity (Wildman–Crippen MR) is 78.3 cm³/mol. The normalized spacial score (nSPS) is 25.7. The number of rotatable bonds is 1. The van der Waals surface area contributed by atoms with Gasteiger partial charge in [0.1, 0.15) is 0 Å². The Morgan fingerprint density at radius 1 is 1.22 bits per heavy atom. The Kier molecular flexibility index (Phi) is 3.93. The Morgan fingerprint density at radius 3 is 2.44 bits per heavy atom. The molecule has 0 bridgehead atoms. The van der Waals surface area contributed by atoms with Gasteiger partial charge in [-0.1, -0.05) is 29.3 Å². The molecule has 2 atom stereocenters. The topological polar surface area (TPSA) is 29.3 Å². The second-order valence-electron chi connectivity index (χ2n) is 5.94. The van der Waals surface area contributed by atoms with Crippen molar-refractivity contribution in [2.24, 2.45) is 5.73 Å². The first-order valence-corrected chi connectivity index (χ1v) is 7.03. The van der Waals surface area contributed by atoms with E-state index in [2.05, 4.69) is 25.7 Å². The summed E-state index contributed by atoms with van der Waals surface area (Å²) in [5.74, 6) is 0. The molecule has 18 heavy (non-hydrogen) atoms. The van der Waals surface area contributed by atoms with Gasteiger partial charge in [0.25, 0.3) is 0 Å². The maximum Gasteiger partial charge on any atom is 0.0595 e. The molecule has 2 rings (SSSR count). The molecule has 1 fully saturated rings. The van der Waals surface area contributed by atoms with Crippen molar-refractivity contribution in [3.05, 3.63) is 33.8 Å². The van der Waals surface area contributed by atoms with Crippen LogP contribution in [0.3, 0.4) is 0 Å². The summed E-state index contributed by atoms with van der Waals surface area (Å²) in [6.45, 7) is 7.68. The molecule has 2 nitrogen and oxygen atoms in total. The summed E-state index contributed by atoms with van der Waals surface area (Å²) in [7, 11) is 0. The molecule has 1 heterocycles. The molecule has 1 aromatic carbocycles. The van der Waals surface area contributed by atoms with Gasteiger partial charge in [0.05, 0.1) is 16.1 Å². The van der Waals surface area contributed by atoms with Gasteiger partial charge in [-0.25, -0.2) is 0 Å². The minimum absolute atomic E-state index is 0.102. The summed E-state index contributed by atoms with van der Waals surface area (Å²) in [4.78, 5) is 2.44. The Labute approximate surface area is 119 Å². The van der Waals surface area contributed by atoms with Crippen LogP contribution in [0.1, 0.15) is 38.8 Å². The molecular formula is C14H20Cl2N2. The zero-order valence-electron chi connectivity index (χ0n) is 11.1. The minimum Gasteiger partial charge on any atom is -0.326 e. The molecule has 0 radical (unpaired) electrons. The van der Waals surface area contributed by atoms with Gasteiger partial charge in [0.15, 0.2) is 0 Å². The van der Waals surface area contributed by atoms with E-state index in [1.54, 1.807) is 0 Å². The van der Waals surface area contributed by atoms with Gasteiger partial charge in [-0.3, -0.25) is 4.90 Å². The third kappa shape index (κ3) is 2.67. The highest BCUT2D eigenvalue weighted by Gasteiger charge is 2.38. The monoisotopic (exact) mass is 286 g/mol. The molecule has 1 saturated heterocycles. The van der Waals surface area contributed by atoms with E-state index in [1.165, 1.54) is 0 Å². The van der Waals surface area contributed by atoms with Gasteiger partial charge in [-0.05, 0) is 44.9 Å². The molecular weight excluding hydrogens is 267 g/mol. The fourth-order valence-electron chi connectivity index (χ4n) is 2.69. The van der Waals surface area contributed by atoms with Crippen molar-refractivity contribution in [2.45, 2.75) is 44.8 Å². The highest BCUT2D eigenvalue weighted by molar-refractivity contribution is 6.42. The van der Waals surface area contributed by atoms with Crippen molar-refractivity contribution in [2.75, 3.05) is 6.54 Å². The molecule has 0 amide bonds. The molecule has 2 N–H and O–H groups in total. The van der Waals surface area contributed by atoms with Crippen LogP contribution in [0.4, 0.5) is 0 Å². The molecule has 1 aliphatic rings. The van der Waals surface area contributed by atoms with Gasteiger partial charge >= 0.3 is 0 Å². The van der Waals surface area contributed by atoms with Crippen LogP contribution in [0.5, 0.6) is 0 Å². The predicted octanol–water partition coefficient (Wildman–Crippen LogP) is 3.87. The van der Waals surface area contributed by atoms with E-state index in [-0.39, 0.29) is 17.6 Å². The molecule has 1 aliphatic heterocycles. The average molecular weight is 287 g/mol. The standard InChI is InChI=1S/C14H20Cl2N2/c1-14(2,3)18-7-6-12(17)13(18)9-4-5-10(15)11(16)8-9/h4-5,8,12-13H,6-7,17H2,1-3H3. The zero-order valence-corrected chi connectivity index (χ0v) is 12.6. The van der Waals surface area contributed by atoms with E-state index in [4.69, 9.17) is 28.9 Å². The van der Waals surface area contributed by atoms with E-state index < -0.39 is 0 Å². The van der Waals surface area contributed by atoms with Crippen molar-refractivity contribution in [3.63, 3.8) is 0 Å². The van der Waals surface area contributed by atoms with E-state index in [0.29, 0.717) is 10.0 Å². The van der Waals surface area contributed by atoms with Crippen LogP contribution in [0.2, 0.25) is 10.0 Å². The molecule has 0 saturated carbocycles. The smallest absolute Gasteiger partial charge is 0.0595 e. The molecule has 0 aliphatic carbocycles. The Bertz CT molecular complexity index is 440. The van der Waals surface area contributed by atoms with Crippen LogP contribution in [-0.2, 0) is 0 Å². The van der Waals surface area contributed by atoms with E-state index in [0.717, 1.165) is 18.5 Å². The first-order valence-electron chi connectivity index (χ1n) is 6.28. The number of benzene rings is 1. The fraction of sp³-hybridized carbons (Fsp3) is 0.571. The lowest BCUT2D eigenvalue weighted by Crippen LogP contribution is -2.43. The second-order valence-corrected chi connectivity index (χ2v) is 6.75. The lowest BCUT2D eigenvalue weighted by atomic mass is 9.97. The summed E-state index contributed by atoms with van der Waals surface area (Å²) in [5.41, 5.74) is 7.53. The number of likely N-dealkylation sites (tertiary alicyclic amines) is 1. The average Bonchev–Trinajstić information content (AvgIpc) is 2.64. The summed E-state index contributed by atoms with van der Waals surface area (Å²) in [6.07, 6.45) is 1.02. The maximum absolute atomic E-state index is 6.27. The van der Waals surface area contributed by atoms with Crippen molar-refractivity contribution in [1.29, 1.82) is 0 Å². The SMILES string of the molecule is CC(C)(C)N1CCC(N)C1c1ccc(Cl)c(Cl)c1. The van der Waals surface area contributed by atoms with Gasteiger partial charge < -0.3 is 5.73 Å². The first-order chi connectivity index (χ1) is 8.30. The van der Waals surface area contributed by atoms with E-state index in [1.807, 2.05) is 18.2 Å². The van der Waals surface area contributed by atoms with Gasteiger partial charge in [-0.2, -0.15) is 0 Å². The van der Waals surface area contributed by atoms with Crippen LogP contribution in [0.25, 0.3) is 0 Å². The summed E-state index contributed by atoms with van der Waals surface area (Å²) in [5, 5.41) is 1.19. The Hall–Kier alpha value is -0.280. The molecule has 4 heteroatoms. The van der Waals surface area contributed by atoms with Crippen LogP contribution in [0.15, 0.2) is 18.2 Å². The van der Waals surface area contributed by atoms with Crippen LogP contribution < -0.4 is 5.73 Å². The number of hydrogen-bond donors (Lipinski definition) is 1. The van der Waals surface area contributed by atoms with Crippen molar-refractivity contribution >= 4 is 23.2 Å². The van der Waals surface area contributed by atoms with Crippen molar-refractivity contribution in [1.82, 2.24) is 4.90 Å². The summed E-state index contributed by atoms with van der Waals surface area (Å²) < 4.78 is 0. The maximum atomic E-state index is 6.27. The van der Waals surface area contributed by atoms with E-state index in [9.17, 15) is 0 Å². The zero-order chi connectivity index (χ0) is 13.5. The summed E-state index contributed by atoms with van der Waals surface area (Å²) in [6, 6.07) is 6.20. The largest absolute Gasteiger partial charge is 0.326 e. The van der Waals surface area contributed by atoms with Crippen molar-refractivity contribution in [3.8, 4) is 0 Å². The molecule has 0 aromatic heterocycles. The van der Waals surface area contributed by atoms with Crippen LogP contribution in [-0.4, -0.2) is 23.0 Å². The molecule has 100 valence electrons. The molecule has 0 spiro atoms. The van der Waals surface area contributed by atoms with Gasteiger partial charge in [0, 0.05) is 18.1 Å². The van der Waals surface area contributed by atoms with Crippen LogP contribution >= 0.6 is 23.2 Å². The minimum atomic E-state index is 0.102. The Balaban J connectivity index is 2.37. The number of nitrogens with zero attached hydrogens (tertiary/aromatic N) is 1. The van der Waals surface area contributed by atoms with E-state index >= 15 is 0 Å². The molecule has 2 unspecified atom stereocenters. The first kappa shape index (κ1) is 14.1. The van der Waals surface area contributed by atoms with Crippen LogP contribution in [0, 0.1) is 0 Å².